The predicted molar refractivity (Wildman–Crippen MR) is 196 cm³/mol. The van der Waals surface area contributed by atoms with Gasteiger partial charge in [0.05, 0.1) is 30.6 Å². The van der Waals surface area contributed by atoms with Crippen LogP contribution in [0.4, 0.5) is 5.69 Å². The van der Waals surface area contributed by atoms with E-state index in [0.29, 0.717) is 30.5 Å². The molecule has 3 aliphatic rings. The monoisotopic (exact) mass is 709 g/mol. The molecular weight excluding hydrogens is 662 g/mol. The molecule has 3 fully saturated rings. The number of hydrogen-bond donors (Lipinski definition) is 2. The number of benzene rings is 3. The second-order valence-corrected chi connectivity index (χ2v) is 13.7. The molecule has 0 aromatic heterocycles. The third-order valence-electron chi connectivity index (χ3n) is 10.5. The average molecular weight is 710 g/mol. The Hall–Kier alpha value is -4.84. The quantitative estimate of drug-likeness (QED) is 0.155. The molecule has 1 spiro atoms. The molecule has 2 N–H and O–H groups in total. The second-order valence-electron chi connectivity index (χ2n) is 13.7. The Labute approximate surface area is 304 Å². The Kier molecular flexibility index (Phi) is 11.5. The van der Waals surface area contributed by atoms with Gasteiger partial charge in [-0.15, -0.1) is 13.2 Å². The van der Waals surface area contributed by atoms with E-state index < -0.39 is 47.7 Å². The summed E-state index contributed by atoms with van der Waals surface area (Å²) in [6.07, 6.45) is 3.49. The summed E-state index contributed by atoms with van der Waals surface area (Å²) in [4.78, 5) is 59.8. The van der Waals surface area contributed by atoms with Crippen molar-refractivity contribution in [1.82, 2.24) is 10.2 Å². The largest absolute Gasteiger partial charge is 0.455 e. The van der Waals surface area contributed by atoms with Crippen LogP contribution in [0.2, 0.25) is 0 Å². The zero-order chi connectivity index (χ0) is 36.8. The van der Waals surface area contributed by atoms with E-state index in [-0.39, 0.29) is 56.9 Å². The van der Waals surface area contributed by atoms with Gasteiger partial charge in [-0.05, 0) is 54.2 Å². The number of esters is 1. The van der Waals surface area contributed by atoms with E-state index >= 15 is 0 Å². The first-order chi connectivity index (χ1) is 25.3. The van der Waals surface area contributed by atoms with E-state index in [1.165, 1.54) is 12.0 Å². The number of carbonyl (C=O) groups excluding carboxylic acids is 4. The highest BCUT2D eigenvalue weighted by Gasteiger charge is 2.75. The first kappa shape index (κ1) is 36.9. The number of nitrogens with one attached hydrogen (secondary N) is 1. The summed E-state index contributed by atoms with van der Waals surface area (Å²) in [7, 11) is 1.50. The molecule has 3 saturated heterocycles. The molecule has 0 aliphatic carbocycles. The molecule has 2 bridgehead atoms. The number of aliphatic hydroxyl groups excluding tert-OH is 1. The molecule has 3 aromatic rings. The van der Waals surface area contributed by atoms with E-state index in [0.717, 1.165) is 10.8 Å². The molecule has 52 heavy (non-hydrogen) atoms. The summed E-state index contributed by atoms with van der Waals surface area (Å²) in [5.74, 6) is -3.59. The highest BCUT2D eigenvalue weighted by Crippen LogP contribution is 2.59. The molecular formula is C41H47N3O8. The van der Waals surface area contributed by atoms with E-state index in [9.17, 15) is 24.3 Å². The molecule has 274 valence electrons. The Bertz CT molecular complexity index is 1800. The van der Waals surface area contributed by atoms with Gasteiger partial charge in [-0.25, -0.2) is 0 Å². The molecule has 0 radical (unpaired) electrons. The summed E-state index contributed by atoms with van der Waals surface area (Å²) in [5, 5.41) is 14.7. The number of methoxy groups -OCH3 is 1. The van der Waals surface area contributed by atoms with Gasteiger partial charge in [0.15, 0.2) is 0 Å². The molecule has 3 aliphatic heterocycles. The zero-order valence-corrected chi connectivity index (χ0v) is 29.5. The first-order valence-electron chi connectivity index (χ1n) is 17.9. The van der Waals surface area contributed by atoms with Crippen LogP contribution in [0.3, 0.4) is 0 Å². The van der Waals surface area contributed by atoms with Crippen LogP contribution in [0.1, 0.15) is 43.8 Å². The van der Waals surface area contributed by atoms with Crippen molar-refractivity contribution in [2.75, 3.05) is 38.3 Å². The van der Waals surface area contributed by atoms with Gasteiger partial charge in [0.2, 0.25) is 11.8 Å². The Morgan fingerprint density at radius 2 is 1.83 bits per heavy atom. The lowest BCUT2D eigenvalue weighted by Gasteiger charge is -2.37. The van der Waals surface area contributed by atoms with Gasteiger partial charge < -0.3 is 34.4 Å². The Morgan fingerprint density at radius 1 is 1.08 bits per heavy atom. The molecule has 3 amide bonds. The third kappa shape index (κ3) is 7.00. The highest BCUT2D eigenvalue weighted by molar-refractivity contribution is 6.05. The van der Waals surface area contributed by atoms with Crippen LogP contribution >= 0.6 is 0 Å². The number of hydrogen-bond acceptors (Lipinski definition) is 8. The number of anilines is 1. The molecule has 7 atom stereocenters. The van der Waals surface area contributed by atoms with E-state index in [1.54, 1.807) is 17.1 Å². The topological polar surface area (TPSA) is 135 Å². The lowest BCUT2D eigenvalue weighted by molar-refractivity contribution is -0.163. The van der Waals surface area contributed by atoms with E-state index in [2.05, 4.69) is 18.5 Å². The van der Waals surface area contributed by atoms with Crippen LogP contribution in [0.25, 0.3) is 10.8 Å². The van der Waals surface area contributed by atoms with Gasteiger partial charge in [0.1, 0.15) is 17.7 Å². The summed E-state index contributed by atoms with van der Waals surface area (Å²) in [6.45, 7) is 7.76. The molecule has 0 unspecified atom stereocenters. The predicted octanol–water partition coefficient (Wildman–Crippen LogP) is 4.50. The van der Waals surface area contributed by atoms with Gasteiger partial charge in [-0.1, -0.05) is 72.8 Å². The molecule has 6 rings (SSSR count). The van der Waals surface area contributed by atoms with Crippen molar-refractivity contribution >= 4 is 40.2 Å². The summed E-state index contributed by atoms with van der Waals surface area (Å²) >= 11 is 0. The summed E-state index contributed by atoms with van der Waals surface area (Å²) in [6, 6.07) is 20.9. The van der Waals surface area contributed by atoms with Crippen molar-refractivity contribution in [1.29, 1.82) is 0 Å². The number of likely N-dealkylation sites (tertiary alicyclic amines) is 1. The molecule has 11 heteroatoms. The van der Waals surface area contributed by atoms with Gasteiger partial charge in [-0.3, -0.25) is 19.2 Å². The Morgan fingerprint density at radius 3 is 2.54 bits per heavy atom. The number of ether oxygens (including phenoxy) is 3. The fraction of sp³-hybridized carbons (Fsp3) is 0.415. The van der Waals surface area contributed by atoms with E-state index in [1.807, 2.05) is 72.8 Å². The number of carbonyl (C=O) groups is 4. The Balaban J connectivity index is 1.33. The minimum absolute atomic E-state index is 0.0585. The molecule has 3 heterocycles. The van der Waals surface area contributed by atoms with Gasteiger partial charge in [-0.2, -0.15) is 0 Å². The van der Waals surface area contributed by atoms with Crippen molar-refractivity contribution < 1.29 is 38.5 Å². The minimum atomic E-state index is -1.28. The fourth-order valence-electron chi connectivity index (χ4n) is 8.25. The lowest BCUT2D eigenvalue weighted by atomic mass is 9.70. The standard InChI is InChI=1S/C41H47N3O8/c1-4-6-17-33(46)42-31(26-50-3)36(28-14-8-7-9-15-28)51-40(49)34-32-20-21-41(52-32)35(34)38(47)44(23-12-24-45)37(41)39(48)43(22-5-2)30-19-18-27-13-10-11-16-29(27)25-30/h4-5,7-11,13-16,18-19,25,31-32,34-37,45H,1-2,6,12,17,20-24,26H2,3H3,(H,42,46)/t31-,32-,34+,35+,36-,37-,41+/m1/s1. The van der Waals surface area contributed by atoms with Crippen LogP contribution in [-0.4, -0.2) is 90.9 Å². The molecule has 0 saturated carbocycles. The lowest BCUT2D eigenvalue weighted by Crippen LogP contribution is -2.56. The number of rotatable bonds is 17. The zero-order valence-electron chi connectivity index (χ0n) is 29.5. The first-order valence-corrected chi connectivity index (χ1v) is 17.9. The number of aliphatic hydroxyl groups is 1. The van der Waals surface area contributed by atoms with Crippen LogP contribution < -0.4 is 10.2 Å². The maximum atomic E-state index is 14.9. The van der Waals surface area contributed by atoms with Gasteiger partial charge in [0, 0.05) is 38.9 Å². The minimum Gasteiger partial charge on any atom is -0.455 e. The number of allylic oxidation sites excluding steroid dienone is 1. The van der Waals surface area contributed by atoms with Gasteiger partial charge >= 0.3 is 5.97 Å². The van der Waals surface area contributed by atoms with Crippen molar-refractivity contribution in [2.24, 2.45) is 11.8 Å². The summed E-state index contributed by atoms with van der Waals surface area (Å²) < 4.78 is 18.4. The van der Waals surface area contributed by atoms with Crippen LogP contribution in [0.15, 0.2) is 98.1 Å². The normalized spacial score (nSPS) is 24.3. The van der Waals surface area contributed by atoms with Crippen molar-refractivity contribution in [2.45, 2.75) is 62.0 Å². The average Bonchev–Trinajstić information content (AvgIpc) is 3.81. The third-order valence-corrected chi connectivity index (χ3v) is 10.5. The van der Waals surface area contributed by atoms with Crippen molar-refractivity contribution in [3.05, 3.63) is 104 Å². The SMILES string of the molecule is C=CCCC(=O)N[C@H](COC)[C@H](OC(=O)[C@@H]1[C@H]2C(=O)N(CCCO)[C@H](C(=O)N(CC=C)c3ccc4ccccc4c3)[C@]23CC[C@H]1O3)c1ccccc1. The fourth-order valence-corrected chi connectivity index (χ4v) is 8.25. The van der Waals surface area contributed by atoms with Gasteiger partial charge in [0.25, 0.3) is 5.91 Å². The van der Waals surface area contributed by atoms with Crippen LogP contribution in [0, 0.1) is 11.8 Å². The highest BCUT2D eigenvalue weighted by atomic mass is 16.6. The molecule has 3 aromatic carbocycles. The number of fused-ring (bicyclic) bond motifs is 2. The van der Waals surface area contributed by atoms with Crippen LogP contribution in [0.5, 0.6) is 0 Å². The maximum absolute atomic E-state index is 14.9. The van der Waals surface area contributed by atoms with Crippen LogP contribution in [-0.2, 0) is 33.4 Å². The second kappa shape index (κ2) is 16.2. The van der Waals surface area contributed by atoms with Crippen molar-refractivity contribution in [3.8, 4) is 0 Å². The maximum Gasteiger partial charge on any atom is 0.313 e. The number of nitrogens with zero attached hydrogens (tertiary/aromatic N) is 2. The van der Waals surface area contributed by atoms with E-state index in [4.69, 9.17) is 14.2 Å². The van der Waals surface area contributed by atoms with Crippen molar-refractivity contribution in [3.63, 3.8) is 0 Å². The number of amides is 3. The molecule has 11 nitrogen and oxygen atoms in total. The summed E-state index contributed by atoms with van der Waals surface area (Å²) in [5.41, 5.74) is 0.0134. The smallest absolute Gasteiger partial charge is 0.313 e.